The van der Waals surface area contributed by atoms with Crippen LogP contribution in [-0.4, -0.2) is 85.5 Å². The Morgan fingerprint density at radius 1 is 0.818 bits per heavy atom. The number of rotatable bonds is 6. The molecule has 0 spiro atoms. The van der Waals surface area contributed by atoms with Crippen molar-refractivity contribution in [1.29, 1.82) is 0 Å². The van der Waals surface area contributed by atoms with Crippen molar-refractivity contribution in [2.45, 2.75) is 4.90 Å². The van der Waals surface area contributed by atoms with E-state index in [1.165, 1.54) is 33.5 Å². The fourth-order valence-corrected chi connectivity index (χ4v) is 5.15. The van der Waals surface area contributed by atoms with Crippen LogP contribution in [0.25, 0.3) is 0 Å². The van der Waals surface area contributed by atoms with Crippen LogP contribution in [0.1, 0.15) is 20.7 Å². The summed E-state index contributed by atoms with van der Waals surface area (Å²) in [4.78, 5) is 51.5. The van der Waals surface area contributed by atoms with Crippen molar-refractivity contribution in [2.24, 2.45) is 0 Å². The summed E-state index contributed by atoms with van der Waals surface area (Å²) >= 11 is 0. The number of esters is 1. The first kappa shape index (κ1) is 22.6. The summed E-state index contributed by atoms with van der Waals surface area (Å²) in [5.41, 5.74) is 0.435. The quantitative estimate of drug-likeness (QED) is 0.440. The van der Waals surface area contributed by atoms with Gasteiger partial charge in [-0.25, -0.2) is 8.42 Å². The SMILES string of the molecule is O=C(CN1C(=O)c2ccccc2C1=O)OCC(=O)N1CCN(S(=O)(=O)c2ccccc2)CC1. The molecule has 0 saturated carbocycles. The number of ether oxygens (including phenoxy) is 1. The highest BCUT2D eigenvalue weighted by atomic mass is 32.2. The lowest BCUT2D eigenvalue weighted by Gasteiger charge is -2.33. The van der Waals surface area contributed by atoms with E-state index in [-0.39, 0.29) is 42.2 Å². The Morgan fingerprint density at radius 3 is 1.94 bits per heavy atom. The molecule has 0 N–H and O–H groups in total. The number of hydrogen-bond acceptors (Lipinski definition) is 7. The summed E-state index contributed by atoms with van der Waals surface area (Å²) in [6, 6.07) is 14.3. The van der Waals surface area contributed by atoms with Crippen molar-refractivity contribution in [1.82, 2.24) is 14.1 Å². The summed E-state index contributed by atoms with van der Waals surface area (Å²) in [6.07, 6.45) is 0. The lowest BCUT2D eigenvalue weighted by atomic mass is 10.1. The maximum atomic E-state index is 12.7. The van der Waals surface area contributed by atoms with Gasteiger partial charge >= 0.3 is 5.97 Å². The molecule has 2 aliphatic heterocycles. The minimum absolute atomic E-state index is 0.117. The number of fused-ring (bicyclic) bond motifs is 1. The van der Waals surface area contributed by atoms with E-state index in [2.05, 4.69) is 0 Å². The molecule has 1 fully saturated rings. The molecule has 0 unspecified atom stereocenters. The second-order valence-electron chi connectivity index (χ2n) is 7.50. The molecule has 0 atom stereocenters. The maximum absolute atomic E-state index is 12.7. The molecule has 2 heterocycles. The van der Waals surface area contributed by atoms with E-state index in [9.17, 15) is 27.6 Å². The molecule has 3 amide bonds. The van der Waals surface area contributed by atoms with E-state index in [0.29, 0.717) is 0 Å². The number of nitrogens with zero attached hydrogens (tertiary/aromatic N) is 3. The molecule has 4 rings (SSSR count). The number of piperazine rings is 1. The van der Waals surface area contributed by atoms with Gasteiger partial charge in [-0.2, -0.15) is 4.31 Å². The third-order valence-electron chi connectivity index (χ3n) is 5.49. The zero-order chi connectivity index (χ0) is 23.6. The average Bonchev–Trinajstić information content (AvgIpc) is 3.08. The number of carbonyl (C=O) groups is 4. The van der Waals surface area contributed by atoms with Crippen molar-refractivity contribution in [2.75, 3.05) is 39.3 Å². The van der Waals surface area contributed by atoms with E-state index >= 15 is 0 Å². The molecule has 1 saturated heterocycles. The molecule has 2 aromatic rings. The van der Waals surface area contributed by atoms with Crippen LogP contribution in [0.15, 0.2) is 59.5 Å². The van der Waals surface area contributed by atoms with Crippen LogP contribution in [-0.2, 0) is 24.3 Å². The van der Waals surface area contributed by atoms with Crippen LogP contribution in [0.4, 0.5) is 0 Å². The van der Waals surface area contributed by atoms with Crippen molar-refractivity contribution in [3.05, 3.63) is 65.7 Å². The smallest absolute Gasteiger partial charge is 0.326 e. The lowest BCUT2D eigenvalue weighted by Crippen LogP contribution is -2.51. The first-order valence-electron chi connectivity index (χ1n) is 10.2. The van der Waals surface area contributed by atoms with Crippen LogP contribution in [0.2, 0.25) is 0 Å². The molecule has 0 radical (unpaired) electrons. The monoisotopic (exact) mass is 471 g/mol. The average molecular weight is 471 g/mol. The van der Waals surface area contributed by atoms with E-state index in [1.54, 1.807) is 30.3 Å². The number of amides is 3. The Balaban J connectivity index is 1.26. The molecular formula is C22H21N3O7S. The molecular weight excluding hydrogens is 450 g/mol. The minimum atomic E-state index is -3.64. The molecule has 2 aliphatic rings. The van der Waals surface area contributed by atoms with Gasteiger partial charge in [-0.15, -0.1) is 0 Å². The normalized spacial score (nSPS) is 16.6. The van der Waals surface area contributed by atoms with Gasteiger partial charge in [0.15, 0.2) is 6.61 Å². The summed E-state index contributed by atoms with van der Waals surface area (Å²) in [7, 11) is -3.64. The number of benzene rings is 2. The number of hydrogen-bond donors (Lipinski definition) is 0. The van der Waals surface area contributed by atoms with Crippen LogP contribution < -0.4 is 0 Å². The third-order valence-corrected chi connectivity index (χ3v) is 7.41. The zero-order valence-electron chi connectivity index (χ0n) is 17.5. The van der Waals surface area contributed by atoms with Gasteiger partial charge in [0.05, 0.1) is 16.0 Å². The van der Waals surface area contributed by atoms with Gasteiger partial charge in [-0.05, 0) is 24.3 Å². The predicted octanol–water partition coefficient (Wildman–Crippen LogP) is 0.359. The highest BCUT2D eigenvalue weighted by Crippen LogP contribution is 2.22. The predicted molar refractivity (Wildman–Crippen MR) is 115 cm³/mol. The van der Waals surface area contributed by atoms with Gasteiger partial charge < -0.3 is 9.64 Å². The highest BCUT2D eigenvalue weighted by molar-refractivity contribution is 7.89. The Labute approximate surface area is 190 Å². The maximum Gasteiger partial charge on any atom is 0.326 e. The molecule has 33 heavy (non-hydrogen) atoms. The topological polar surface area (TPSA) is 121 Å². The lowest BCUT2D eigenvalue weighted by molar-refractivity contribution is -0.152. The Hall–Kier alpha value is -3.57. The van der Waals surface area contributed by atoms with Gasteiger partial charge in [-0.3, -0.25) is 24.1 Å². The highest BCUT2D eigenvalue weighted by Gasteiger charge is 2.37. The molecule has 0 aliphatic carbocycles. The Bertz CT molecular complexity index is 1170. The second-order valence-corrected chi connectivity index (χ2v) is 9.44. The molecule has 0 bridgehead atoms. The standard InChI is InChI=1S/C22H21N3O7S/c26-19(23-10-12-24(13-11-23)33(30,31)16-6-2-1-3-7-16)15-32-20(27)14-25-21(28)17-8-4-5-9-18(17)22(25)29/h1-9H,10-15H2. The fraction of sp³-hybridized carbons (Fsp3) is 0.273. The fourth-order valence-electron chi connectivity index (χ4n) is 3.71. The van der Waals surface area contributed by atoms with Gasteiger partial charge in [0.2, 0.25) is 10.0 Å². The van der Waals surface area contributed by atoms with Gasteiger partial charge in [0.1, 0.15) is 6.54 Å². The molecule has 0 aromatic heterocycles. The summed E-state index contributed by atoms with van der Waals surface area (Å²) in [6.45, 7) is -0.615. The van der Waals surface area contributed by atoms with Crippen LogP contribution in [0.3, 0.4) is 0 Å². The van der Waals surface area contributed by atoms with Gasteiger partial charge in [-0.1, -0.05) is 30.3 Å². The number of sulfonamides is 1. The van der Waals surface area contributed by atoms with Crippen molar-refractivity contribution >= 4 is 33.7 Å². The Morgan fingerprint density at radius 2 is 1.36 bits per heavy atom. The second kappa shape index (κ2) is 9.12. The van der Waals surface area contributed by atoms with Gasteiger partial charge in [0, 0.05) is 26.2 Å². The number of carbonyl (C=O) groups excluding carboxylic acids is 4. The van der Waals surface area contributed by atoms with Crippen molar-refractivity contribution < 1.29 is 32.3 Å². The first-order chi connectivity index (χ1) is 15.8. The number of imide groups is 1. The summed E-state index contributed by atoms with van der Waals surface area (Å²) in [5.74, 6) is -2.55. The van der Waals surface area contributed by atoms with E-state index in [4.69, 9.17) is 4.74 Å². The first-order valence-corrected chi connectivity index (χ1v) is 11.7. The minimum Gasteiger partial charge on any atom is -0.454 e. The van der Waals surface area contributed by atoms with Crippen molar-refractivity contribution in [3.8, 4) is 0 Å². The van der Waals surface area contributed by atoms with Crippen LogP contribution in [0.5, 0.6) is 0 Å². The van der Waals surface area contributed by atoms with E-state index in [0.717, 1.165) is 4.90 Å². The van der Waals surface area contributed by atoms with Gasteiger partial charge in [0.25, 0.3) is 17.7 Å². The molecule has 11 heteroatoms. The summed E-state index contributed by atoms with van der Waals surface area (Å²) < 4.78 is 31.6. The molecule has 2 aromatic carbocycles. The third kappa shape index (κ3) is 4.50. The molecule has 10 nitrogen and oxygen atoms in total. The van der Waals surface area contributed by atoms with E-state index < -0.39 is 46.9 Å². The largest absolute Gasteiger partial charge is 0.454 e. The van der Waals surface area contributed by atoms with Crippen LogP contribution in [0, 0.1) is 0 Å². The summed E-state index contributed by atoms with van der Waals surface area (Å²) in [5, 5.41) is 0. The Kier molecular flexibility index (Phi) is 6.25. The zero-order valence-corrected chi connectivity index (χ0v) is 18.4. The van der Waals surface area contributed by atoms with Crippen LogP contribution >= 0.6 is 0 Å². The van der Waals surface area contributed by atoms with E-state index in [1.807, 2.05) is 0 Å². The van der Waals surface area contributed by atoms with Crippen molar-refractivity contribution in [3.63, 3.8) is 0 Å². The molecule has 172 valence electrons.